The number of amides is 1. The Bertz CT molecular complexity index is 1330. The molecule has 4 aromatic rings. The van der Waals surface area contributed by atoms with Gasteiger partial charge in [-0.15, -0.1) is 0 Å². The van der Waals surface area contributed by atoms with Gasteiger partial charge in [-0.2, -0.15) is 0 Å². The molecule has 2 heterocycles. The lowest BCUT2D eigenvalue weighted by molar-refractivity contribution is 0.0891. The van der Waals surface area contributed by atoms with E-state index in [9.17, 15) is 4.79 Å². The number of nitrogens with zero attached hydrogens (tertiary/aromatic N) is 3. The number of carbonyl (C=O) groups excluding carboxylic acids is 1. The van der Waals surface area contributed by atoms with E-state index in [0.717, 1.165) is 39.5 Å². The fourth-order valence-electron chi connectivity index (χ4n) is 5.02. The molecule has 186 valence electrons. The number of aromatic nitrogens is 3. The molecule has 2 aromatic heterocycles. The summed E-state index contributed by atoms with van der Waals surface area (Å²) in [6.45, 7) is 7.34. The summed E-state index contributed by atoms with van der Waals surface area (Å²) in [4.78, 5) is 22.2. The maximum atomic E-state index is 12.9. The number of carbonyl (C=O) groups is 1. The summed E-state index contributed by atoms with van der Waals surface area (Å²) in [6, 6.07) is 18.9. The SMILES string of the molecule is Cc1ccc(CSc2nc3ccncc3n2Cc2ccc(C(=O)NC3CCCC(C)C3C)cc2)cc1. The summed E-state index contributed by atoms with van der Waals surface area (Å²) in [5, 5.41) is 4.26. The van der Waals surface area contributed by atoms with Crippen LogP contribution in [-0.2, 0) is 12.3 Å². The molecule has 0 spiro atoms. The molecule has 36 heavy (non-hydrogen) atoms. The second kappa shape index (κ2) is 10.9. The lowest BCUT2D eigenvalue weighted by Gasteiger charge is -2.34. The van der Waals surface area contributed by atoms with E-state index >= 15 is 0 Å². The molecule has 1 aliphatic carbocycles. The highest BCUT2D eigenvalue weighted by Gasteiger charge is 2.28. The number of thioether (sulfide) groups is 1. The minimum absolute atomic E-state index is 0.0270. The average Bonchev–Trinajstić information content (AvgIpc) is 3.24. The third kappa shape index (κ3) is 5.49. The van der Waals surface area contributed by atoms with Crippen LogP contribution in [0.15, 0.2) is 72.1 Å². The molecule has 0 saturated heterocycles. The van der Waals surface area contributed by atoms with Crippen molar-refractivity contribution >= 4 is 28.7 Å². The normalized spacial score (nSPS) is 19.9. The van der Waals surface area contributed by atoms with Crippen molar-refractivity contribution in [1.29, 1.82) is 0 Å². The lowest BCUT2D eigenvalue weighted by Crippen LogP contribution is -2.43. The molecule has 3 unspecified atom stereocenters. The molecule has 1 amide bonds. The van der Waals surface area contributed by atoms with Crippen LogP contribution < -0.4 is 5.32 Å². The Hall–Kier alpha value is -3.12. The zero-order valence-electron chi connectivity index (χ0n) is 21.3. The van der Waals surface area contributed by atoms with Gasteiger partial charge < -0.3 is 9.88 Å². The second-order valence-electron chi connectivity index (χ2n) is 10.2. The zero-order chi connectivity index (χ0) is 25.1. The van der Waals surface area contributed by atoms with Gasteiger partial charge >= 0.3 is 0 Å². The van der Waals surface area contributed by atoms with Crippen LogP contribution in [0.1, 0.15) is 60.2 Å². The van der Waals surface area contributed by atoms with Gasteiger partial charge in [-0.25, -0.2) is 4.98 Å². The van der Waals surface area contributed by atoms with E-state index in [1.807, 2.05) is 24.4 Å². The van der Waals surface area contributed by atoms with Gasteiger partial charge in [-0.1, -0.05) is 80.4 Å². The van der Waals surface area contributed by atoms with E-state index in [2.05, 4.69) is 72.0 Å². The highest BCUT2D eigenvalue weighted by Crippen LogP contribution is 2.30. The number of rotatable bonds is 7. The van der Waals surface area contributed by atoms with E-state index in [4.69, 9.17) is 4.98 Å². The topological polar surface area (TPSA) is 59.8 Å². The van der Waals surface area contributed by atoms with Gasteiger partial charge in [0.1, 0.15) is 0 Å². The highest BCUT2D eigenvalue weighted by molar-refractivity contribution is 7.98. The summed E-state index contributed by atoms with van der Waals surface area (Å²) >= 11 is 1.74. The predicted molar refractivity (Wildman–Crippen MR) is 147 cm³/mol. The van der Waals surface area contributed by atoms with Crippen molar-refractivity contribution in [2.24, 2.45) is 11.8 Å². The predicted octanol–water partition coefficient (Wildman–Crippen LogP) is 6.63. The standard InChI is InChI=1S/C30H34N4OS/c1-20-7-9-24(10-8-20)19-36-30-33-27-15-16-31-17-28(27)34(30)18-23-11-13-25(14-12-23)29(35)32-26-6-4-5-21(2)22(26)3/h7-17,21-22,26H,4-6,18-19H2,1-3H3,(H,32,35). The maximum absolute atomic E-state index is 12.9. The van der Waals surface area contributed by atoms with Crippen molar-refractivity contribution in [2.45, 2.75) is 63.5 Å². The van der Waals surface area contributed by atoms with Crippen molar-refractivity contribution in [3.05, 3.63) is 89.2 Å². The van der Waals surface area contributed by atoms with Crippen molar-refractivity contribution in [3.63, 3.8) is 0 Å². The third-order valence-electron chi connectivity index (χ3n) is 7.58. The van der Waals surface area contributed by atoms with Crippen LogP contribution in [0, 0.1) is 18.8 Å². The third-order valence-corrected chi connectivity index (χ3v) is 8.63. The molecule has 0 bridgehead atoms. The second-order valence-corrected chi connectivity index (χ2v) is 11.1. The Kier molecular flexibility index (Phi) is 7.42. The number of imidazole rings is 1. The molecule has 3 atom stereocenters. The van der Waals surface area contributed by atoms with Gasteiger partial charge in [-0.05, 0) is 54.5 Å². The molecule has 0 radical (unpaired) electrons. The van der Waals surface area contributed by atoms with E-state index < -0.39 is 0 Å². The van der Waals surface area contributed by atoms with Crippen LogP contribution in [-0.4, -0.2) is 26.5 Å². The number of hydrogen-bond acceptors (Lipinski definition) is 4. The molecule has 1 aliphatic rings. The Morgan fingerprint density at radius 2 is 1.78 bits per heavy atom. The van der Waals surface area contributed by atoms with Crippen LogP contribution >= 0.6 is 11.8 Å². The van der Waals surface area contributed by atoms with Crippen molar-refractivity contribution in [3.8, 4) is 0 Å². The number of nitrogens with one attached hydrogen (secondary N) is 1. The molecule has 6 heteroatoms. The molecule has 5 nitrogen and oxygen atoms in total. The quantitative estimate of drug-likeness (QED) is 0.290. The minimum atomic E-state index is 0.0270. The molecule has 1 N–H and O–H groups in total. The first-order chi connectivity index (χ1) is 17.5. The number of aryl methyl sites for hydroxylation is 1. The van der Waals surface area contributed by atoms with Gasteiger partial charge in [0.2, 0.25) is 0 Å². The zero-order valence-corrected chi connectivity index (χ0v) is 22.1. The van der Waals surface area contributed by atoms with Crippen LogP contribution in [0.3, 0.4) is 0 Å². The largest absolute Gasteiger partial charge is 0.349 e. The number of hydrogen-bond donors (Lipinski definition) is 1. The Morgan fingerprint density at radius 3 is 2.56 bits per heavy atom. The number of pyridine rings is 1. The molecule has 2 aromatic carbocycles. The Balaban J connectivity index is 1.31. The van der Waals surface area contributed by atoms with Crippen molar-refractivity contribution in [2.75, 3.05) is 0 Å². The first-order valence-corrected chi connectivity index (χ1v) is 13.8. The number of benzene rings is 2. The van der Waals surface area contributed by atoms with E-state index in [0.29, 0.717) is 18.4 Å². The first-order valence-electron chi connectivity index (χ1n) is 12.9. The summed E-state index contributed by atoms with van der Waals surface area (Å²) < 4.78 is 2.22. The van der Waals surface area contributed by atoms with Crippen molar-refractivity contribution in [1.82, 2.24) is 19.9 Å². The summed E-state index contributed by atoms with van der Waals surface area (Å²) in [5.74, 6) is 2.05. The summed E-state index contributed by atoms with van der Waals surface area (Å²) in [6.07, 6.45) is 7.18. The van der Waals surface area contributed by atoms with Crippen molar-refractivity contribution < 1.29 is 4.79 Å². The Morgan fingerprint density at radius 1 is 1.03 bits per heavy atom. The molecular formula is C30H34N4OS. The molecule has 0 aliphatic heterocycles. The van der Waals surface area contributed by atoms with Gasteiger partial charge in [-0.3, -0.25) is 9.78 Å². The van der Waals surface area contributed by atoms with Gasteiger partial charge in [0.15, 0.2) is 5.16 Å². The average molecular weight is 499 g/mol. The maximum Gasteiger partial charge on any atom is 0.251 e. The number of fused-ring (bicyclic) bond motifs is 1. The van der Waals surface area contributed by atoms with Crippen LogP contribution in [0.5, 0.6) is 0 Å². The van der Waals surface area contributed by atoms with Crippen LogP contribution in [0.4, 0.5) is 0 Å². The van der Waals surface area contributed by atoms with Gasteiger partial charge in [0, 0.05) is 23.6 Å². The van der Waals surface area contributed by atoms with E-state index in [1.54, 1.807) is 18.0 Å². The van der Waals surface area contributed by atoms with E-state index in [1.165, 1.54) is 24.0 Å². The molecule has 1 saturated carbocycles. The lowest BCUT2D eigenvalue weighted by atomic mass is 9.78. The fraction of sp³-hybridized carbons (Fsp3) is 0.367. The smallest absolute Gasteiger partial charge is 0.251 e. The molecule has 5 rings (SSSR count). The highest BCUT2D eigenvalue weighted by atomic mass is 32.2. The van der Waals surface area contributed by atoms with Gasteiger partial charge in [0.05, 0.1) is 23.8 Å². The van der Waals surface area contributed by atoms with Gasteiger partial charge in [0.25, 0.3) is 5.91 Å². The summed E-state index contributed by atoms with van der Waals surface area (Å²) in [5.41, 5.74) is 6.36. The fourth-order valence-corrected chi connectivity index (χ4v) is 5.99. The monoisotopic (exact) mass is 498 g/mol. The molecular weight excluding hydrogens is 464 g/mol. The van der Waals surface area contributed by atoms with Crippen LogP contribution in [0.2, 0.25) is 0 Å². The first kappa shape index (κ1) is 24.6. The summed E-state index contributed by atoms with van der Waals surface area (Å²) in [7, 11) is 0. The van der Waals surface area contributed by atoms with Crippen LogP contribution in [0.25, 0.3) is 11.0 Å². The molecule has 1 fully saturated rings. The van der Waals surface area contributed by atoms with E-state index in [-0.39, 0.29) is 11.9 Å². The minimum Gasteiger partial charge on any atom is -0.349 e. The Labute approximate surface area is 217 Å².